The van der Waals surface area contributed by atoms with E-state index in [2.05, 4.69) is 0 Å². The molecule has 0 aromatic heterocycles. The lowest BCUT2D eigenvalue weighted by Gasteiger charge is -2.10. The Morgan fingerprint density at radius 1 is 0.625 bits per heavy atom. The number of nitriles is 2. The third-order valence-corrected chi connectivity index (χ3v) is 3.27. The van der Waals surface area contributed by atoms with E-state index < -0.39 is 0 Å². The Bertz CT molecular complexity index is 938. The summed E-state index contributed by atoms with van der Waals surface area (Å²) in [4.78, 5) is 0. The zero-order valence-corrected chi connectivity index (χ0v) is 12.6. The average molecular weight is 312 g/mol. The molecule has 0 amide bonds. The number of rotatable bonds is 4. The van der Waals surface area contributed by atoms with E-state index >= 15 is 0 Å². The average Bonchev–Trinajstić information content (AvgIpc) is 2.62. The molecule has 0 N–H and O–H groups in total. The number of hydrogen-bond donors (Lipinski definition) is 0. The molecule has 0 radical (unpaired) electrons. The van der Waals surface area contributed by atoms with Crippen LogP contribution in [0.15, 0.2) is 72.8 Å². The number of para-hydroxylation sites is 1. The summed E-state index contributed by atoms with van der Waals surface area (Å²) in [5, 5.41) is 18.3. The minimum atomic E-state index is 0.217. The number of benzene rings is 3. The van der Waals surface area contributed by atoms with Crippen molar-refractivity contribution in [2.75, 3.05) is 0 Å². The molecular formula is C20H12N2O2. The van der Waals surface area contributed by atoms with E-state index in [1.807, 2.05) is 48.5 Å². The van der Waals surface area contributed by atoms with E-state index in [1.165, 1.54) is 0 Å². The lowest BCUT2D eigenvalue weighted by molar-refractivity contribution is 0.459. The van der Waals surface area contributed by atoms with Gasteiger partial charge in [0.25, 0.3) is 0 Å². The molecule has 3 aromatic rings. The fraction of sp³-hybridized carbons (Fsp3) is 0. The molecule has 3 aromatic carbocycles. The van der Waals surface area contributed by atoms with Crippen molar-refractivity contribution in [3.05, 3.63) is 83.9 Å². The molecule has 4 heteroatoms. The highest BCUT2D eigenvalue weighted by molar-refractivity contribution is 5.55. The van der Waals surface area contributed by atoms with Gasteiger partial charge in [-0.2, -0.15) is 10.5 Å². The summed E-state index contributed by atoms with van der Waals surface area (Å²) in [6, 6.07) is 25.4. The van der Waals surface area contributed by atoms with Crippen molar-refractivity contribution in [1.29, 1.82) is 10.5 Å². The fourth-order valence-corrected chi connectivity index (χ4v) is 2.18. The van der Waals surface area contributed by atoms with Crippen LogP contribution in [0.5, 0.6) is 23.0 Å². The van der Waals surface area contributed by atoms with E-state index in [1.54, 1.807) is 36.4 Å². The van der Waals surface area contributed by atoms with Gasteiger partial charge in [0, 0.05) is 6.07 Å². The van der Waals surface area contributed by atoms with E-state index in [-0.39, 0.29) is 11.1 Å². The topological polar surface area (TPSA) is 66.0 Å². The molecule has 4 nitrogen and oxygen atoms in total. The van der Waals surface area contributed by atoms with Gasteiger partial charge in [-0.3, -0.25) is 0 Å². The Labute approximate surface area is 139 Å². The van der Waals surface area contributed by atoms with Gasteiger partial charge in [-0.25, -0.2) is 0 Å². The second kappa shape index (κ2) is 7.00. The predicted molar refractivity (Wildman–Crippen MR) is 88.9 cm³/mol. The maximum Gasteiger partial charge on any atom is 0.146 e. The zero-order valence-electron chi connectivity index (χ0n) is 12.6. The van der Waals surface area contributed by atoms with E-state index in [0.29, 0.717) is 17.2 Å². The Kier molecular flexibility index (Phi) is 4.42. The predicted octanol–water partition coefficient (Wildman–Crippen LogP) is 5.01. The molecule has 0 atom stereocenters. The van der Waals surface area contributed by atoms with Crippen molar-refractivity contribution in [2.24, 2.45) is 0 Å². The second-order valence-electron chi connectivity index (χ2n) is 4.89. The molecule has 0 saturated heterocycles. The SMILES string of the molecule is N#Cc1cccc(Oc2cccc(Oc3ccccc3)c2)c1C#N. The Hall–Kier alpha value is -3.76. The van der Waals surface area contributed by atoms with E-state index in [4.69, 9.17) is 14.7 Å². The highest BCUT2D eigenvalue weighted by atomic mass is 16.5. The Morgan fingerprint density at radius 3 is 2.00 bits per heavy atom. The molecule has 0 bridgehead atoms. The summed E-state index contributed by atoms with van der Waals surface area (Å²) < 4.78 is 11.5. The Balaban J connectivity index is 1.86. The van der Waals surface area contributed by atoms with Crippen molar-refractivity contribution in [1.82, 2.24) is 0 Å². The smallest absolute Gasteiger partial charge is 0.146 e. The van der Waals surface area contributed by atoms with Gasteiger partial charge in [0.2, 0.25) is 0 Å². The molecule has 3 rings (SSSR count). The standard InChI is InChI=1S/C20H12N2O2/c21-13-15-6-4-11-20(19(15)14-22)24-18-10-5-9-17(12-18)23-16-7-2-1-3-8-16/h1-12H. The van der Waals surface area contributed by atoms with Gasteiger partial charge in [0.15, 0.2) is 0 Å². The molecule has 0 spiro atoms. The summed E-state index contributed by atoms with van der Waals surface area (Å²) >= 11 is 0. The lowest BCUT2D eigenvalue weighted by Crippen LogP contribution is -1.92. The minimum Gasteiger partial charge on any atom is -0.457 e. The lowest BCUT2D eigenvalue weighted by atomic mass is 10.1. The third-order valence-electron chi connectivity index (χ3n) is 3.27. The molecule has 0 saturated carbocycles. The molecule has 0 aliphatic heterocycles. The monoisotopic (exact) mass is 312 g/mol. The van der Waals surface area contributed by atoms with Gasteiger partial charge in [-0.1, -0.05) is 30.3 Å². The van der Waals surface area contributed by atoms with Gasteiger partial charge in [0.1, 0.15) is 40.7 Å². The van der Waals surface area contributed by atoms with Crippen LogP contribution in [0.4, 0.5) is 0 Å². The van der Waals surface area contributed by atoms with Crippen molar-refractivity contribution in [3.8, 4) is 35.1 Å². The first-order valence-corrected chi connectivity index (χ1v) is 7.24. The van der Waals surface area contributed by atoms with Crippen molar-refractivity contribution in [3.63, 3.8) is 0 Å². The quantitative estimate of drug-likeness (QED) is 0.679. The first kappa shape index (κ1) is 15.1. The van der Waals surface area contributed by atoms with Gasteiger partial charge in [0.05, 0.1) is 5.56 Å². The number of ether oxygens (including phenoxy) is 2. The van der Waals surface area contributed by atoms with E-state index in [9.17, 15) is 5.26 Å². The fourth-order valence-electron chi connectivity index (χ4n) is 2.18. The highest BCUT2D eigenvalue weighted by Crippen LogP contribution is 2.30. The van der Waals surface area contributed by atoms with Gasteiger partial charge in [-0.15, -0.1) is 0 Å². The summed E-state index contributed by atoms with van der Waals surface area (Å²) in [6.07, 6.45) is 0. The van der Waals surface area contributed by atoms with E-state index in [0.717, 1.165) is 5.75 Å². The second-order valence-corrected chi connectivity index (χ2v) is 4.89. The van der Waals surface area contributed by atoms with Gasteiger partial charge >= 0.3 is 0 Å². The molecule has 0 unspecified atom stereocenters. The minimum absolute atomic E-state index is 0.217. The van der Waals surface area contributed by atoms with Crippen LogP contribution in [0.1, 0.15) is 11.1 Å². The van der Waals surface area contributed by atoms with Crippen LogP contribution < -0.4 is 9.47 Å². The van der Waals surface area contributed by atoms with Crippen LogP contribution in [-0.2, 0) is 0 Å². The van der Waals surface area contributed by atoms with Crippen molar-refractivity contribution in [2.45, 2.75) is 0 Å². The van der Waals surface area contributed by atoms with Crippen LogP contribution >= 0.6 is 0 Å². The molecule has 0 fully saturated rings. The van der Waals surface area contributed by atoms with Crippen LogP contribution in [0.3, 0.4) is 0 Å². The normalized spacial score (nSPS) is 9.58. The molecule has 0 aliphatic rings. The van der Waals surface area contributed by atoms with Crippen LogP contribution in [0.25, 0.3) is 0 Å². The summed E-state index contributed by atoms with van der Waals surface area (Å²) in [5.74, 6) is 2.20. The van der Waals surface area contributed by atoms with Crippen molar-refractivity contribution >= 4 is 0 Å². The zero-order chi connectivity index (χ0) is 16.8. The van der Waals surface area contributed by atoms with Crippen LogP contribution in [-0.4, -0.2) is 0 Å². The first-order chi connectivity index (χ1) is 11.8. The molecule has 0 heterocycles. The highest BCUT2D eigenvalue weighted by Gasteiger charge is 2.10. The maximum absolute atomic E-state index is 9.25. The first-order valence-electron chi connectivity index (χ1n) is 7.24. The van der Waals surface area contributed by atoms with Gasteiger partial charge < -0.3 is 9.47 Å². The number of hydrogen-bond acceptors (Lipinski definition) is 4. The molecular weight excluding hydrogens is 300 g/mol. The third kappa shape index (κ3) is 3.35. The maximum atomic E-state index is 9.25. The molecule has 24 heavy (non-hydrogen) atoms. The number of nitrogens with zero attached hydrogens (tertiary/aromatic N) is 2. The molecule has 0 aliphatic carbocycles. The van der Waals surface area contributed by atoms with Crippen LogP contribution in [0, 0.1) is 22.7 Å². The summed E-state index contributed by atoms with van der Waals surface area (Å²) in [7, 11) is 0. The Morgan fingerprint density at radius 2 is 1.29 bits per heavy atom. The largest absolute Gasteiger partial charge is 0.457 e. The van der Waals surface area contributed by atoms with Crippen LogP contribution in [0.2, 0.25) is 0 Å². The molecule has 114 valence electrons. The summed E-state index contributed by atoms with van der Waals surface area (Å²) in [5.41, 5.74) is 0.501. The summed E-state index contributed by atoms with van der Waals surface area (Å²) in [6.45, 7) is 0. The van der Waals surface area contributed by atoms with Crippen molar-refractivity contribution < 1.29 is 9.47 Å². The van der Waals surface area contributed by atoms with Gasteiger partial charge in [-0.05, 0) is 36.4 Å².